The summed E-state index contributed by atoms with van der Waals surface area (Å²) >= 11 is 0. The summed E-state index contributed by atoms with van der Waals surface area (Å²) in [6.07, 6.45) is 3.74. The number of nitrogens with one attached hydrogen (secondary N) is 1. The predicted octanol–water partition coefficient (Wildman–Crippen LogP) is 0.199. The second kappa shape index (κ2) is 3.13. The zero-order valence-corrected chi connectivity index (χ0v) is 6.41. The Morgan fingerprint density at radius 1 is 1.92 bits per heavy atom. The van der Waals surface area contributed by atoms with Crippen LogP contribution in [0.25, 0.3) is 0 Å². The van der Waals surface area contributed by atoms with Gasteiger partial charge in [0.2, 0.25) is 0 Å². The van der Waals surface area contributed by atoms with Crippen molar-refractivity contribution in [2.45, 2.75) is 18.6 Å². The normalized spacial score (nSPS) is 25.9. The summed E-state index contributed by atoms with van der Waals surface area (Å²) in [7, 11) is 0. The molecule has 1 aliphatic heterocycles. The van der Waals surface area contributed by atoms with Gasteiger partial charge in [0.15, 0.2) is 5.72 Å². The Balaban J connectivity index is 2.61. The number of nitriles is 1. The second-order valence-corrected chi connectivity index (χ2v) is 2.51. The minimum Gasteiger partial charge on any atom is -0.475 e. The molecular formula is C7H9N3O2. The van der Waals surface area contributed by atoms with Gasteiger partial charge in [-0.15, -0.1) is 0 Å². The summed E-state index contributed by atoms with van der Waals surface area (Å²) in [5, 5.41) is 10.8. The van der Waals surface area contributed by atoms with Gasteiger partial charge < -0.3 is 10.5 Å². The molecule has 0 spiro atoms. The summed E-state index contributed by atoms with van der Waals surface area (Å²) in [5.41, 5.74) is 3.99. The molecule has 0 fully saturated rings. The van der Waals surface area contributed by atoms with E-state index >= 15 is 0 Å². The Morgan fingerprint density at radius 2 is 2.67 bits per heavy atom. The lowest BCUT2D eigenvalue weighted by molar-refractivity contribution is 0.0273. The van der Waals surface area contributed by atoms with E-state index < -0.39 is 11.8 Å². The summed E-state index contributed by atoms with van der Waals surface area (Å²) < 4.78 is 5.08. The van der Waals surface area contributed by atoms with Gasteiger partial charge in [-0.25, -0.2) is 4.79 Å². The largest absolute Gasteiger partial charge is 0.475 e. The quantitative estimate of drug-likeness (QED) is 0.615. The topological polar surface area (TPSA) is 88.1 Å². The van der Waals surface area contributed by atoms with Crippen molar-refractivity contribution >= 4 is 6.03 Å². The fourth-order valence-electron chi connectivity index (χ4n) is 1.06. The maximum Gasteiger partial charge on any atom is 0.315 e. The first kappa shape index (κ1) is 8.40. The fraction of sp³-hybridized carbons (Fsp3) is 0.429. The van der Waals surface area contributed by atoms with Crippen LogP contribution in [0.2, 0.25) is 0 Å². The monoisotopic (exact) mass is 167 g/mol. The average Bonchev–Trinajstić information content (AvgIpc) is 2.36. The molecule has 0 saturated heterocycles. The van der Waals surface area contributed by atoms with Crippen molar-refractivity contribution in [3.8, 4) is 6.07 Å². The van der Waals surface area contributed by atoms with Crippen LogP contribution in [0, 0.1) is 11.3 Å². The number of hydrogen-bond acceptors (Lipinski definition) is 3. The third-order valence-electron chi connectivity index (χ3n) is 1.55. The number of rotatable bonds is 2. The molecule has 1 aliphatic rings. The van der Waals surface area contributed by atoms with Crippen molar-refractivity contribution in [3.05, 3.63) is 12.3 Å². The van der Waals surface area contributed by atoms with E-state index in [1.165, 1.54) is 6.26 Å². The van der Waals surface area contributed by atoms with Gasteiger partial charge in [0.1, 0.15) is 0 Å². The molecule has 0 aliphatic carbocycles. The van der Waals surface area contributed by atoms with Gasteiger partial charge in [0.05, 0.1) is 18.8 Å². The van der Waals surface area contributed by atoms with Crippen molar-refractivity contribution in [1.29, 1.82) is 5.26 Å². The van der Waals surface area contributed by atoms with Gasteiger partial charge in [-0.2, -0.15) is 5.26 Å². The molecule has 0 bridgehead atoms. The van der Waals surface area contributed by atoms with Crippen LogP contribution in [0.1, 0.15) is 12.8 Å². The molecule has 3 N–H and O–H groups in total. The lowest BCUT2D eigenvalue weighted by atomic mass is 10.1. The Kier molecular flexibility index (Phi) is 2.19. The van der Waals surface area contributed by atoms with Crippen LogP contribution in [0.3, 0.4) is 0 Å². The molecule has 2 amide bonds. The van der Waals surface area contributed by atoms with Crippen LogP contribution in [0.5, 0.6) is 0 Å². The number of carbonyl (C=O) groups is 1. The summed E-state index contributed by atoms with van der Waals surface area (Å²) in [6, 6.07) is 1.23. The molecule has 12 heavy (non-hydrogen) atoms. The molecular weight excluding hydrogens is 158 g/mol. The fourth-order valence-corrected chi connectivity index (χ4v) is 1.06. The second-order valence-electron chi connectivity index (χ2n) is 2.51. The molecule has 0 aromatic carbocycles. The smallest absolute Gasteiger partial charge is 0.315 e. The van der Waals surface area contributed by atoms with Gasteiger partial charge in [-0.3, -0.25) is 5.32 Å². The number of ether oxygens (including phenoxy) is 1. The van der Waals surface area contributed by atoms with Gasteiger partial charge in [0.25, 0.3) is 0 Å². The standard InChI is InChI=1S/C7H9N3O2/c8-4-3-7(10-6(9)11)2-1-5-12-7/h1,5H,2-3H2,(H3,9,10,11). The van der Waals surface area contributed by atoms with Crippen molar-refractivity contribution in [2.75, 3.05) is 0 Å². The highest BCUT2D eigenvalue weighted by Crippen LogP contribution is 2.23. The van der Waals surface area contributed by atoms with Gasteiger partial charge >= 0.3 is 6.03 Å². The first-order valence-electron chi connectivity index (χ1n) is 3.46. The molecule has 0 saturated carbocycles. The van der Waals surface area contributed by atoms with Crippen LogP contribution in [-0.4, -0.2) is 11.8 Å². The van der Waals surface area contributed by atoms with Crippen LogP contribution >= 0.6 is 0 Å². The number of nitrogens with two attached hydrogens (primary N) is 1. The average molecular weight is 167 g/mol. The molecule has 5 heteroatoms. The van der Waals surface area contributed by atoms with Crippen molar-refractivity contribution < 1.29 is 9.53 Å². The van der Waals surface area contributed by atoms with E-state index in [2.05, 4.69) is 5.32 Å². The number of nitrogens with zero attached hydrogens (tertiary/aromatic N) is 1. The summed E-state index contributed by atoms with van der Waals surface area (Å²) in [4.78, 5) is 10.5. The molecule has 64 valence electrons. The van der Waals surface area contributed by atoms with E-state index in [1.807, 2.05) is 6.07 Å². The number of primary amides is 1. The predicted molar refractivity (Wildman–Crippen MR) is 40.5 cm³/mol. The van der Waals surface area contributed by atoms with E-state index in [4.69, 9.17) is 15.7 Å². The van der Waals surface area contributed by atoms with Gasteiger partial charge in [0, 0.05) is 6.42 Å². The highest BCUT2D eigenvalue weighted by atomic mass is 16.5. The Hall–Kier alpha value is -1.70. The molecule has 1 unspecified atom stereocenters. The first-order chi connectivity index (χ1) is 5.68. The molecule has 1 rings (SSSR count). The highest BCUT2D eigenvalue weighted by Gasteiger charge is 2.34. The van der Waals surface area contributed by atoms with E-state index in [0.717, 1.165) is 0 Å². The Bertz CT molecular complexity index is 246. The van der Waals surface area contributed by atoms with E-state index in [-0.39, 0.29) is 6.42 Å². The van der Waals surface area contributed by atoms with E-state index in [1.54, 1.807) is 6.08 Å². The highest BCUT2D eigenvalue weighted by molar-refractivity contribution is 5.72. The summed E-state index contributed by atoms with van der Waals surface area (Å²) in [6.45, 7) is 0. The Labute approximate surface area is 69.8 Å². The van der Waals surface area contributed by atoms with E-state index in [9.17, 15) is 4.79 Å². The lowest BCUT2D eigenvalue weighted by Crippen LogP contribution is -2.50. The maximum atomic E-state index is 10.5. The minimum absolute atomic E-state index is 0.0863. The van der Waals surface area contributed by atoms with Gasteiger partial charge in [-0.05, 0) is 6.08 Å². The third-order valence-corrected chi connectivity index (χ3v) is 1.55. The number of urea groups is 1. The van der Waals surface area contributed by atoms with Crippen molar-refractivity contribution in [1.82, 2.24) is 5.32 Å². The van der Waals surface area contributed by atoms with Crippen LogP contribution in [0.15, 0.2) is 12.3 Å². The first-order valence-corrected chi connectivity index (χ1v) is 3.46. The molecule has 0 radical (unpaired) electrons. The van der Waals surface area contributed by atoms with Crippen molar-refractivity contribution in [3.63, 3.8) is 0 Å². The molecule has 5 nitrogen and oxygen atoms in total. The zero-order chi connectivity index (χ0) is 9.03. The third kappa shape index (κ3) is 1.66. The van der Waals surface area contributed by atoms with Crippen LogP contribution in [0.4, 0.5) is 4.79 Å². The number of hydrogen-bond donors (Lipinski definition) is 2. The molecule has 1 heterocycles. The van der Waals surface area contributed by atoms with Crippen LogP contribution < -0.4 is 11.1 Å². The SMILES string of the molecule is N#CCC1(NC(N)=O)CC=CO1. The maximum absolute atomic E-state index is 10.5. The zero-order valence-electron chi connectivity index (χ0n) is 6.41. The van der Waals surface area contributed by atoms with Crippen molar-refractivity contribution in [2.24, 2.45) is 5.73 Å². The molecule has 0 aromatic rings. The van der Waals surface area contributed by atoms with E-state index in [0.29, 0.717) is 6.42 Å². The Morgan fingerprint density at radius 3 is 3.08 bits per heavy atom. The number of amides is 2. The molecule has 1 atom stereocenters. The number of carbonyl (C=O) groups excluding carboxylic acids is 1. The minimum atomic E-state index is -0.930. The van der Waals surface area contributed by atoms with Crippen LogP contribution in [-0.2, 0) is 4.74 Å². The molecule has 0 aromatic heterocycles. The van der Waals surface area contributed by atoms with Gasteiger partial charge in [-0.1, -0.05) is 0 Å². The summed E-state index contributed by atoms with van der Waals surface area (Å²) in [5.74, 6) is 0. The lowest BCUT2D eigenvalue weighted by Gasteiger charge is -2.25.